The zero-order valence-corrected chi connectivity index (χ0v) is 15.1. The minimum atomic E-state index is -3.61. The van der Waals surface area contributed by atoms with Gasteiger partial charge in [0.1, 0.15) is 6.54 Å². The summed E-state index contributed by atoms with van der Waals surface area (Å²) in [5, 5.41) is 0.829. The normalized spacial score (nSPS) is 11.5. The number of carbonyl (C=O) groups excluding carboxylic acids is 1. The number of para-hydroxylation sites is 1. The second kappa shape index (κ2) is 7.61. The third-order valence-corrected chi connectivity index (χ3v) is 4.96. The van der Waals surface area contributed by atoms with Crippen molar-refractivity contribution in [1.29, 1.82) is 0 Å². The molecular formula is C17H23N3O3S. The Hall–Kier alpha value is -2.15. The summed E-state index contributed by atoms with van der Waals surface area (Å²) in [7, 11) is -1.92. The molecular weight excluding hydrogens is 326 g/mol. The second-order valence-electron chi connectivity index (χ2n) is 5.79. The van der Waals surface area contributed by atoms with Gasteiger partial charge in [-0.15, -0.1) is 0 Å². The molecule has 0 N–H and O–H groups in total. The summed E-state index contributed by atoms with van der Waals surface area (Å²) < 4.78 is 25.7. The van der Waals surface area contributed by atoms with Gasteiger partial charge in [-0.25, -0.2) is 8.42 Å². The molecule has 0 saturated heterocycles. The maximum atomic E-state index is 12.4. The fourth-order valence-electron chi connectivity index (χ4n) is 2.43. The predicted molar refractivity (Wildman–Crippen MR) is 96.5 cm³/mol. The Labute approximate surface area is 143 Å². The van der Waals surface area contributed by atoms with Crippen LogP contribution in [0.2, 0.25) is 0 Å². The Morgan fingerprint density at radius 1 is 1.21 bits per heavy atom. The molecule has 7 heteroatoms. The van der Waals surface area contributed by atoms with Gasteiger partial charge < -0.3 is 4.90 Å². The third kappa shape index (κ3) is 4.23. The van der Waals surface area contributed by atoms with Crippen LogP contribution in [-0.2, 0) is 14.8 Å². The third-order valence-electron chi connectivity index (χ3n) is 3.83. The summed E-state index contributed by atoms with van der Waals surface area (Å²) in [6.07, 6.45) is 4.58. The van der Waals surface area contributed by atoms with Crippen LogP contribution in [0.5, 0.6) is 0 Å². The Bertz CT molecular complexity index is 815. The molecule has 1 aromatic heterocycles. The van der Waals surface area contributed by atoms with Crippen LogP contribution < -0.4 is 4.31 Å². The summed E-state index contributed by atoms with van der Waals surface area (Å²) >= 11 is 0. The molecule has 0 radical (unpaired) electrons. The van der Waals surface area contributed by atoms with E-state index in [0.717, 1.165) is 28.8 Å². The van der Waals surface area contributed by atoms with Crippen molar-refractivity contribution in [2.24, 2.45) is 0 Å². The van der Waals surface area contributed by atoms with Crippen LogP contribution in [0.1, 0.15) is 19.8 Å². The zero-order valence-electron chi connectivity index (χ0n) is 14.3. The molecule has 0 bridgehead atoms. The van der Waals surface area contributed by atoms with Crippen molar-refractivity contribution in [3.05, 3.63) is 36.5 Å². The maximum absolute atomic E-state index is 12.4. The number of fused-ring (bicyclic) bond motifs is 1. The van der Waals surface area contributed by atoms with Crippen LogP contribution in [0.4, 0.5) is 5.69 Å². The molecule has 0 saturated carbocycles. The molecule has 0 aliphatic heterocycles. The van der Waals surface area contributed by atoms with E-state index in [9.17, 15) is 13.2 Å². The predicted octanol–water partition coefficient (Wildman–Crippen LogP) is 2.26. The lowest BCUT2D eigenvalue weighted by Crippen LogP contribution is -2.41. The summed E-state index contributed by atoms with van der Waals surface area (Å²) in [5.41, 5.74) is 0.988. The quantitative estimate of drug-likeness (QED) is 0.769. The number of unbranched alkanes of at least 4 members (excludes halogenated alkanes) is 1. The van der Waals surface area contributed by atoms with Crippen molar-refractivity contribution in [1.82, 2.24) is 9.88 Å². The smallest absolute Gasteiger partial charge is 0.243 e. The molecule has 0 aliphatic rings. The highest BCUT2D eigenvalue weighted by atomic mass is 32.2. The minimum Gasteiger partial charge on any atom is -0.344 e. The monoisotopic (exact) mass is 349 g/mol. The van der Waals surface area contributed by atoms with E-state index in [1.807, 2.05) is 19.1 Å². The van der Waals surface area contributed by atoms with Crippen molar-refractivity contribution in [2.75, 3.05) is 30.7 Å². The number of anilines is 1. The molecule has 1 aromatic carbocycles. The molecule has 1 amide bonds. The average molecular weight is 349 g/mol. The number of nitrogens with zero attached hydrogens (tertiary/aromatic N) is 3. The number of benzene rings is 1. The lowest BCUT2D eigenvalue weighted by molar-refractivity contribution is -0.128. The Morgan fingerprint density at radius 2 is 1.92 bits per heavy atom. The number of rotatable bonds is 7. The van der Waals surface area contributed by atoms with E-state index in [1.54, 1.807) is 36.3 Å². The van der Waals surface area contributed by atoms with Crippen molar-refractivity contribution in [3.8, 4) is 0 Å². The first-order valence-corrected chi connectivity index (χ1v) is 9.75. The van der Waals surface area contributed by atoms with Crippen LogP contribution in [0.15, 0.2) is 36.5 Å². The van der Waals surface area contributed by atoms with Crippen LogP contribution in [0.25, 0.3) is 10.9 Å². The SMILES string of the molecule is CCCCN(C)C(=O)CN(c1cccc2cccnc12)S(C)(=O)=O. The standard InChI is InChI=1S/C17H23N3O3S/c1-4-5-12-19(2)16(21)13-20(24(3,22)23)15-10-6-8-14-9-7-11-18-17(14)15/h6-11H,4-5,12-13H2,1-3H3. The van der Waals surface area contributed by atoms with Gasteiger partial charge in [-0.05, 0) is 18.6 Å². The van der Waals surface area contributed by atoms with Gasteiger partial charge in [-0.3, -0.25) is 14.1 Å². The van der Waals surface area contributed by atoms with E-state index in [4.69, 9.17) is 0 Å². The number of amides is 1. The molecule has 2 rings (SSSR count). The molecule has 6 nitrogen and oxygen atoms in total. The first-order chi connectivity index (χ1) is 11.3. The van der Waals surface area contributed by atoms with Crippen LogP contribution in [0.3, 0.4) is 0 Å². The van der Waals surface area contributed by atoms with Gasteiger partial charge in [-0.1, -0.05) is 31.5 Å². The van der Waals surface area contributed by atoms with E-state index in [2.05, 4.69) is 4.98 Å². The lowest BCUT2D eigenvalue weighted by Gasteiger charge is -2.25. The van der Waals surface area contributed by atoms with E-state index in [1.165, 1.54) is 0 Å². The summed E-state index contributed by atoms with van der Waals surface area (Å²) in [6.45, 7) is 2.43. The Kier molecular flexibility index (Phi) is 5.77. The van der Waals surface area contributed by atoms with Gasteiger partial charge in [0.2, 0.25) is 15.9 Å². The van der Waals surface area contributed by atoms with Gasteiger partial charge in [0.05, 0.1) is 17.5 Å². The summed E-state index contributed by atoms with van der Waals surface area (Å²) in [4.78, 5) is 18.3. The highest BCUT2D eigenvalue weighted by Gasteiger charge is 2.24. The molecule has 0 fully saturated rings. The number of hydrogen-bond donors (Lipinski definition) is 0. The number of aromatic nitrogens is 1. The van der Waals surface area contributed by atoms with Crippen molar-refractivity contribution in [2.45, 2.75) is 19.8 Å². The Morgan fingerprint density at radius 3 is 2.58 bits per heavy atom. The molecule has 0 aliphatic carbocycles. The number of pyridine rings is 1. The molecule has 24 heavy (non-hydrogen) atoms. The van der Waals surface area contributed by atoms with Gasteiger partial charge in [0, 0.05) is 25.2 Å². The van der Waals surface area contributed by atoms with E-state index in [0.29, 0.717) is 17.7 Å². The van der Waals surface area contributed by atoms with Crippen molar-refractivity contribution < 1.29 is 13.2 Å². The summed E-state index contributed by atoms with van der Waals surface area (Å²) in [6, 6.07) is 8.96. The minimum absolute atomic E-state index is 0.227. The average Bonchev–Trinajstić information content (AvgIpc) is 2.55. The van der Waals surface area contributed by atoms with Gasteiger partial charge >= 0.3 is 0 Å². The van der Waals surface area contributed by atoms with Crippen LogP contribution in [0, 0.1) is 0 Å². The van der Waals surface area contributed by atoms with Crippen molar-refractivity contribution >= 4 is 32.5 Å². The fraction of sp³-hybridized carbons (Fsp3) is 0.412. The van der Waals surface area contributed by atoms with Gasteiger partial charge in [0.25, 0.3) is 0 Å². The molecule has 130 valence electrons. The molecule has 1 heterocycles. The highest BCUT2D eigenvalue weighted by Crippen LogP contribution is 2.26. The number of likely N-dealkylation sites (N-methyl/N-ethyl adjacent to an activating group) is 1. The lowest BCUT2D eigenvalue weighted by atomic mass is 10.2. The fourth-order valence-corrected chi connectivity index (χ4v) is 3.28. The number of carbonyl (C=O) groups is 1. The zero-order chi connectivity index (χ0) is 17.7. The van der Waals surface area contributed by atoms with Crippen molar-refractivity contribution in [3.63, 3.8) is 0 Å². The molecule has 2 aromatic rings. The molecule has 0 spiro atoms. The van der Waals surface area contributed by atoms with E-state index in [-0.39, 0.29) is 12.5 Å². The van der Waals surface area contributed by atoms with Gasteiger partial charge in [-0.2, -0.15) is 0 Å². The molecule has 0 atom stereocenters. The van der Waals surface area contributed by atoms with E-state index < -0.39 is 10.0 Å². The summed E-state index contributed by atoms with van der Waals surface area (Å²) in [5.74, 6) is -0.234. The Balaban J connectivity index is 2.38. The highest BCUT2D eigenvalue weighted by molar-refractivity contribution is 7.92. The first-order valence-electron chi connectivity index (χ1n) is 7.90. The number of sulfonamides is 1. The molecule has 0 unspecified atom stereocenters. The van der Waals surface area contributed by atoms with Crippen LogP contribution in [-0.4, -0.2) is 50.6 Å². The van der Waals surface area contributed by atoms with Gasteiger partial charge in [0.15, 0.2) is 0 Å². The number of hydrogen-bond acceptors (Lipinski definition) is 4. The van der Waals surface area contributed by atoms with E-state index >= 15 is 0 Å². The van der Waals surface area contributed by atoms with Crippen LogP contribution >= 0.6 is 0 Å². The topological polar surface area (TPSA) is 70.6 Å². The second-order valence-corrected chi connectivity index (χ2v) is 7.70. The first kappa shape index (κ1) is 18.2. The maximum Gasteiger partial charge on any atom is 0.243 e. The largest absolute Gasteiger partial charge is 0.344 e.